The molecular weight excluding hydrogens is 425 g/mol. The first kappa shape index (κ1) is 21.7. The van der Waals surface area contributed by atoms with E-state index in [1.165, 1.54) is 24.3 Å². The molecule has 2 aromatic heterocycles. The molecule has 1 aliphatic rings. The van der Waals surface area contributed by atoms with Gasteiger partial charge in [-0.25, -0.2) is 5.10 Å². The number of pyridine rings is 1. The number of rotatable bonds is 4. The van der Waals surface area contributed by atoms with Crippen LogP contribution in [0.5, 0.6) is 0 Å². The lowest BCUT2D eigenvalue weighted by atomic mass is 10.0. The van der Waals surface area contributed by atoms with Gasteiger partial charge in [0.15, 0.2) is 0 Å². The van der Waals surface area contributed by atoms with Gasteiger partial charge >= 0.3 is 6.18 Å². The fraction of sp³-hybridized carbons (Fsp3) is 0.273. The molecular formula is C22H19F3N4O3. The zero-order valence-corrected chi connectivity index (χ0v) is 16.8. The second-order valence-corrected chi connectivity index (χ2v) is 7.30. The number of ether oxygens (including phenoxy) is 1. The monoisotopic (exact) mass is 444 g/mol. The van der Waals surface area contributed by atoms with Crippen LogP contribution in [0.4, 0.5) is 13.2 Å². The van der Waals surface area contributed by atoms with Crippen LogP contribution in [0, 0.1) is 0 Å². The molecule has 0 aliphatic carbocycles. The summed E-state index contributed by atoms with van der Waals surface area (Å²) in [6, 6.07) is 13.1. The second-order valence-electron chi connectivity index (χ2n) is 7.30. The van der Waals surface area contributed by atoms with Crippen LogP contribution >= 0.6 is 0 Å². The Bertz CT molecular complexity index is 1160. The van der Waals surface area contributed by atoms with E-state index in [9.17, 15) is 22.8 Å². The Balaban J connectivity index is 1.52. The summed E-state index contributed by atoms with van der Waals surface area (Å²) >= 11 is 0. The second kappa shape index (κ2) is 8.91. The van der Waals surface area contributed by atoms with Crippen molar-refractivity contribution in [2.45, 2.75) is 18.7 Å². The summed E-state index contributed by atoms with van der Waals surface area (Å²) in [4.78, 5) is 29.9. The summed E-state index contributed by atoms with van der Waals surface area (Å²) in [7, 11) is 0. The number of benzene rings is 1. The van der Waals surface area contributed by atoms with E-state index in [2.05, 4.69) is 15.2 Å². The Labute approximate surface area is 180 Å². The Morgan fingerprint density at radius 3 is 2.69 bits per heavy atom. The number of hydrogen-bond donors (Lipinski definition) is 1. The van der Waals surface area contributed by atoms with Gasteiger partial charge in [0.25, 0.3) is 11.5 Å². The van der Waals surface area contributed by atoms with E-state index in [-0.39, 0.29) is 36.7 Å². The molecule has 1 aliphatic heterocycles. The number of aromatic amines is 1. The van der Waals surface area contributed by atoms with Gasteiger partial charge in [-0.05, 0) is 29.8 Å². The van der Waals surface area contributed by atoms with Crippen LogP contribution in [-0.2, 0) is 17.3 Å². The summed E-state index contributed by atoms with van der Waals surface area (Å²) in [5, 5.41) is 5.99. The number of carbonyl (C=O) groups is 1. The Hall–Kier alpha value is -3.53. The van der Waals surface area contributed by atoms with Crippen LogP contribution in [0.25, 0.3) is 0 Å². The largest absolute Gasteiger partial charge is 0.416 e. The third-order valence-electron chi connectivity index (χ3n) is 5.10. The van der Waals surface area contributed by atoms with Crippen LogP contribution in [0.2, 0.25) is 0 Å². The molecule has 1 amide bonds. The molecule has 1 unspecified atom stereocenters. The van der Waals surface area contributed by atoms with Crippen molar-refractivity contribution in [3.05, 3.63) is 93.2 Å². The predicted octanol–water partition coefficient (Wildman–Crippen LogP) is 2.99. The van der Waals surface area contributed by atoms with Crippen molar-refractivity contribution in [3.8, 4) is 0 Å². The summed E-state index contributed by atoms with van der Waals surface area (Å²) < 4.78 is 45.7. The normalized spacial score (nSPS) is 16.7. The molecule has 0 saturated carbocycles. The predicted molar refractivity (Wildman–Crippen MR) is 108 cm³/mol. The summed E-state index contributed by atoms with van der Waals surface area (Å²) in [6.45, 7) is 0.812. The highest BCUT2D eigenvalue weighted by Crippen LogP contribution is 2.33. The number of nitrogens with zero attached hydrogens (tertiary/aromatic N) is 3. The number of H-pyrrole nitrogens is 1. The number of amides is 1. The Morgan fingerprint density at radius 2 is 1.94 bits per heavy atom. The minimum atomic E-state index is -4.45. The molecule has 3 aromatic rings. The quantitative estimate of drug-likeness (QED) is 0.669. The van der Waals surface area contributed by atoms with Gasteiger partial charge in [-0.15, -0.1) is 0 Å². The highest BCUT2D eigenvalue weighted by Gasteiger charge is 2.33. The Kier molecular flexibility index (Phi) is 6.04. The zero-order valence-electron chi connectivity index (χ0n) is 16.8. The van der Waals surface area contributed by atoms with Crippen molar-refractivity contribution in [3.63, 3.8) is 0 Å². The van der Waals surface area contributed by atoms with Crippen molar-refractivity contribution < 1.29 is 22.7 Å². The van der Waals surface area contributed by atoms with Crippen molar-refractivity contribution in [1.29, 1.82) is 0 Å². The molecule has 1 atom stereocenters. The van der Waals surface area contributed by atoms with Crippen molar-refractivity contribution in [2.24, 2.45) is 0 Å². The van der Waals surface area contributed by atoms with Crippen LogP contribution in [-0.4, -0.2) is 45.7 Å². The topological polar surface area (TPSA) is 88.2 Å². The number of nitrogens with one attached hydrogen (secondary N) is 1. The van der Waals surface area contributed by atoms with Gasteiger partial charge in [0.2, 0.25) is 0 Å². The first-order chi connectivity index (χ1) is 15.3. The maximum atomic E-state index is 13.3. The number of halogens is 3. The zero-order chi connectivity index (χ0) is 22.7. The minimum Gasteiger partial charge on any atom is -0.368 e. The van der Waals surface area contributed by atoms with E-state index in [0.717, 1.165) is 6.07 Å². The average Bonchev–Trinajstić information content (AvgIpc) is 2.79. The number of morpholine rings is 1. The first-order valence-electron chi connectivity index (χ1n) is 9.89. The molecule has 1 saturated heterocycles. The van der Waals surface area contributed by atoms with Gasteiger partial charge in [-0.2, -0.15) is 18.3 Å². The minimum absolute atomic E-state index is 0.0141. The molecule has 7 nitrogen and oxygen atoms in total. The number of alkyl halides is 3. The maximum Gasteiger partial charge on any atom is 0.416 e. The third kappa shape index (κ3) is 4.86. The lowest BCUT2D eigenvalue weighted by molar-refractivity contribution is -0.138. The van der Waals surface area contributed by atoms with Gasteiger partial charge in [0.1, 0.15) is 11.8 Å². The SMILES string of the molecule is O=C(c1ccc(=O)[nH]n1)N1CCOC(c2cccc(Cc3ccccc3C(F)(F)F)n2)C1. The maximum absolute atomic E-state index is 13.3. The van der Waals surface area contributed by atoms with E-state index in [4.69, 9.17) is 4.74 Å². The highest BCUT2D eigenvalue weighted by atomic mass is 19.4. The third-order valence-corrected chi connectivity index (χ3v) is 5.10. The first-order valence-corrected chi connectivity index (χ1v) is 9.89. The van der Waals surface area contributed by atoms with E-state index < -0.39 is 23.4 Å². The van der Waals surface area contributed by atoms with Gasteiger partial charge in [0.05, 0.1) is 24.4 Å². The Morgan fingerprint density at radius 1 is 1.12 bits per heavy atom. The standard InChI is InChI=1S/C22H19F3N4O3/c23-22(24,25)16-6-2-1-4-14(16)12-15-5-3-7-17(26-15)19-13-29(10-11-32-19)21(31)18-8-9-20(30)28-27-18/h1-9,19H,10-13H2,(H,28,30). The summed E-state index contributed by atoms with van der Waals surface area (Å²) in [5.41, 5.74) is 0.138. The van der Waals surface area contributed by atoms with Gasteiger partial charge in [0, 0.05) is 24.7 Å². The van der Waals surface area contributed by atoms with Gasteiger partial charge in [-0.1, -0.05) is 24.3 Å². The molecule has 3 heterocycles. The van der Waals surface area contributed by atoms with Crippen molar-refractivity contribution >= 4 is 5.91 Å². The number of aromatic nitrogens is 3. The molecule has 4 rings (SSSR count). The lowest BCUT2D eigenvalue weighted by Gasteiger charge is -2.32. The molecule has 0 bridgehead atoms. The van der Waals surface area contributed by atoms with Gasteiger partial charge in [-0.3, -0.25) is 14.6 Å². The molecule has 0 spiro atoms. The van der Waals surface area contributed by atoms with Crippen LogP contribution in [0.1, 0.15) is 39.1 Å². The molecule has 10 heteroatoms. The molecule has 166 valence electrons. The van der Waals surface area contributed by atoms with E-state index in [1.54, 1.807) is 29.2 Å². The van der Waals surface area contributed by atoms with Crippen LogP contribution in [0.15, 0.2) is 59.4 Å². The number of carbonyl (C=O) groups excluding carboxylic acids is 1. The lowest BCUT2D eigenvalue weighted by Crippen LogP contribution is -2.43. The molecule has 1 aromatic carbocycles. The summed E-state index contributed by atoms with van der Waals surface area (Å²) in [6.07, 6.45) is -4.97. The average molecular weight is 444 g/mol. The van der Waals surface area contributed by atoms with Crippen LogP contribution in [0.3, 0.4) is 0 Å². The fourth-order valence-electron chi connectivity index (χ4n) is 3.56. The smallest absolute Gasteiger partial charge is 0.368 e. The van der Waals surface area contributed by atoms with E-state index in [0.29, 0.717) is 17.9 Å². The molecule has 1 fully saturated rings. The van der Waals surface area contributed by atoms with E-state index >= 15 is 0 Å². The van der Waals surface area contributed by atoms with Crippen LogP contribution < -0.4 is 5.56 Å². The number of hydrogen-bond acceptors (Lipinski definition) is 5. The van der Waals surface area contributed by atoms with Gasteiger partial charge < -0.3 is 9.64 Å². The molecule has 0 radical (unpaired) electrons. The highest BCUT2D eigenvalue weighted by molar-refractivity contribution is 5.92. The fourth-order valence-corrected chi connectivity index (χ4v) is 3.56. The van der Waals surface area contributed by atoms with Crippen molar-refractivity contribution in [2.75, 3.05) is 19.7 Å². The van der Waals surface area contributed by atoms with E-state index in [1.807, 2.05) is 0 Å². The van der Waals surface area contributed by atoms with Crippen molar-refractivity contribution in [1.82, 2.24) is 20.1 Å². The summed E-state index contributed by atoms with van der Waals surface area (Å²) in [5.74, 6) is -0.357. The molecule has 32 heavy (non-hydrogen) atoms. The molecule has 1 N–H and O–H groups in total.